The lowest BCUT2D eigenvalue weighted by Gasteiger charge is -2.20. The Kier molecular flexibility index (Phi) is 4.13. The molecule has 1 aromatic rings. The average Bonchev–Trinajstić information content (AvgIpc) is 2.82. The van der Waals surface area contributed by atoms with E-state index in [1.807, 2.05) is 12.1 Å². The number of nitrogens with two attached hydrogens (primary N) is 1. The topological polar surface area (TPSA) is 38.0 Å². The Labute approximate surface area is 102 Å². The Morgan fingerprint density at radius 1 is 1.41 bits per heavy atom. The van der Waals surface area contributed by atoms with Crippen LogP contribution < -0.4 is 11.3 Å². The highest BCUT2D eigenvalue weighted by Gasteiger charge is 2.20. The van der Waals surface area contributed by atoms with Gasteiger partial charge in [-0.15, -0.1) is 0 Å². The molecule has 1 saturated carbocycles. The van der Waals surface area contributed by atoms with Crippen molar-refractivity contribution in [2.45, 2.75) is 45.1 Å². The van der Waals surface area contributed by atoms with Gasteiger partial charge in [-0.25, -0.2) is 4.39 Å². The van der Waals surface area contributed by atoms with E-state index in [-0.39, 0.29) is 11.9 Å². The molecule has 1 unspecified atom stereocenters. The van der Waals surface area contributed by atoms with Crippen molar-refractivity contribution in [3.63, 3.8) is 0 Å². The maximum atomic E-state index is 13.5. The summed E-state index contributed by atoms with van der Waals surface area (Å²) in [6.07, 6.45) is 6.23. The van der Waals surface area contributed by atoms with E-state index in [1.165, 1.54) is 25.7 Å². The Bertz CT molecular complexity index is 372. The molecule has 1 fully saturated rings. The highest BCUT2D eigenvalue weighted by molar-refractivity contribution is 5.25. The van der Waals surface area contributed by atoms with Gasteiger partial charge in [-0.3, -0.25) is 11.3 Å². The van der Waals surface area contributed by atoms with Gasteiger partial charge in [0.05, 0.1) is 0 Å². The van der Waals surface area contributed by atoms with Crippen LogP contribution in [-0.2, 0) is 0 Å². The van der Waals surface area contributed by atoms with Gasteiger partial charge >= 0.3 is 0 Å². The van der Waals surface area contributed by atoms with Gasteiger partial charge in [0.25, 0.3) is 0 Å². The van der Waals surface area contributed by atoms with Gasteiger partial charge in [-0.05, 0) is 36.5 Å². The second-order valence-corrected chi connectivity index (χ2v) is 5.11. The van der Waals surface area contributed by atoms with Gasteiger partial charge in [0, 0.05) is 6.04 Å². The van der Waals surface area contributed by atoms with E-state index in [0.29, 0.717) is 5.56 Å². The third kappa shape index (κ3) is 3.05. The monoisotopic (exact) mass is 236 g/mol. The molecular weight excluding hydrogens is 215 g/mol. The minimum absolute atomic E-state index is 0.0770. The lowest BCUT2D eigenvalue weighted by Crippen LogP contribution is -2.29. The zero-order valence-corrected chi connectivity index (χ0v) is 10.4. The molecule has 0 aromatic heterocycles. The third-order valence-corrected chi connectivity index (χ3v) is 3.84. The smallest absolute Gasteiger partial charge is 0.126 e. The SMILES string of the molecule is Cc1ccc(C(CC2CCCC2)NN)cc1F. The molecule has 17 heavy (non-hydrogen) atoms. The molecule has 3 heteroatoms. The van der Waals surface area contributed by atoms with Gasteiger partial charge in [0.2, 0.25) is 0 Å². The molecule has 0 heterocycles. The number of hydrogen-bond acceptors (Lipinski definition) is 2. The van der Waals surface area contributed by atoms with Crippen LogP contribution in [0.5, 0.6) is 0 Å². The van der Waals surface area contributed by atoms with Crippen molar-refractivity contribution in [2.75, 3.05) is 0 Å². The minimum atomic E-state index is -0.144. The van der Waals surface area contributed by atoms with Crippen molar-refractivity contribution in [2.24, 2.45) is 11.8 Å². The molecule has 0 amide bonds. The zero-order chi connectivity index (χ0) is 12.3. The highest BCUT2D eigenvalue weighted by Crippen LogP contribution is 2.32. The standard InChI is InChI=1S/C14H21FN2/c1-10-6-7-12(9-13(10)15)14(17-16)8-11-4-2-3-5-11/h6-7,9,11,14,17H,2-5,8,16H2,1H3. The molecule has 2 nitrogen and oxygen atoms in total. The van der Waals surface area contributed by atoms with Crippen molar-refractivity contribution in [1.29, 1.82) is 0 Å². The normalized spacial score (nSPS) is 18.5. The van der Waals surface area contributed by atoms with Crippen molar-refractivity contribution in [1.82, 2.24) is 5.43 Å². The van der Waals surface area contributed by atoms with Crippen LogP contribution in [0.15, 0.2) is 18.2 Å². The quantitative estimate of drug-likeness (QED) is 0.622. The molecule has 1 aliphatic carbocycles. The molecule has 0 spiro atoms. The number of nitrogens with one attached hydrogen (secondary N) is 1. The van der Waals surface area contributed by atoms with Gasteiger partial charge in [0.15, 0.2) is 0 Å². The lowest BCUT2D eigenvalue weighted by atomic mass is 9.93. The number of benzene rings is 1. The first-order chi connectivity index (χ1) is 8.20. The molecule has 0 radical (unpaired) electrons. The molecule has 0 bridgehead atoms. The summed E-state index contributed by atoms with van der Waals surface area (Å²) in [5, 5.41) is 0. The molecule has 1 aliphatic rings. The van der Waals surface area contributed by atoms with Crippen LogP contribution in [0.4, 0.5) is 4.39 Å². The molecule has 0 aliphatic heterocycles. The summed E-state index contributed by atoms with van der Waals surface area (Å²) in [5.74, 6) is 6.19. The average molecular weight is 236 g/mol. The van der Waals surface area contributed by atoms with Gasteiger partial charge in [-0.2, -0.15) is 0 Å². The molecule has 3 N–H and O–H groups in total. The molecule has 2 rings (SSSR count). The second-order valence-electron chi connectivity index (χ2n) is 5.11. The first kappa shape index (κ1) is 12.5. The summed E-state index contributed by atoms with van der Waals surface area (Å²) < 4.78 is 13.5. The van der Waals surface area contributed by atoms with Crippen molar-refractivity contribution in [3.8, 4) is 0 Å². The minimum Gasteiger partial charge on any atom is -0.271 e. The van der Waals surface area contributed by atoms with Crippen LogP contribution in [0.2, 0.25) is 0 Å². The summed E-state index contributed by atoms with van der Waals surface area (Å²) >= 11 is 0. The molecule has 1 aromatic carbocycles. The predicted molar refractivity (Wildman–Crippen MR) is 67.8 cm³/mol. The fraction of sp³-hybridized carbons (Fsp3) is 0.571. The maximum Gasteiger partial charge on any atom is 0.126 e. The maximum absolute atomic E-state index is 13.5. The number of halogens is 1. The van der Waals surface area contributed by atoms with Crippen LogP contribution in [-0.4, -0.2) is 0 Å². The largest absolute Gasteiger partial charge is 0.271 e. The van der Waals surface area contributed by atoms with E-state index in [1.54, 1.807) is 13.0 Å². The summed E-state index contributed by atoms with van der Waals surface area (Å²) in [4.78, 5) is 0. The first-order valence-electron chi connectivity index (χ1n) is 6.43. The lowest BCUT2D eigenvalue weighted by molar-refractivity contribution is 0.399. The third-order valence-electron chi connectivity index (χ3n) is 3.84. The Balaban J connectivity index is 2.08. The van der Waals surface area contributed by atoms with Gasteiger partial charge in [0.1, 0.15) is 5.82 Å². The summed E-state index contributed by atoms with van der Waals surface area (Å²) in [6, 6.07) is 5.48. The Morgan fingerprint density at radius 3 is 2.71 bits per heavy atom. The van der Waals surface area contributed by atoms with Crippen molar-refractivity contribution in [3.05, 3.63) is 35.1 Å². The molecular formula is C14H21FN2. The van der Waals surface area contributed by atoms with E-state index in [2.05, 4.69) is 5.43 Å². The number of aryl methyl sites for hydroxylation is 1. The Morgan fingerprint density at radius 2 is 2.12 bits per heavy atom. The van der Waals surface area contributed by atoms with Crippen LogP contribution in [0, 0.1) is 18.7 Å². The summed E-state index contributed by atoms with van der Waals surface area (Å²) in [6.45, 7) is 1.78. The van der Waals surface area contributed by atoms with Crippen LogP contribution >= 0.6 is 0 Å². The number of rotatable bonds is 4. The van der Waals surface area contributed by atoms with E-state index in [0.717, 1.165) is 17.9 Å². The van der Waals surface area contributed by atoms with E-state index >= 15 is 0 Å². The fourth-order valence-electron chi connectivity index (χ4n) is 2.71. The highest BCUT2D eigenvalue weighted by atomic mass is 19.1. The van der Waals surface area contributed by atoms with Gasteiger partial charge < -0.3 is 0 Å². The van der Waals surface area contributed by atoms with Crippen LogP contribution in [0.3, 0.4) is 0 Å². The zero-order valence-electron chi connectivity index (χ0n) is 10.4. The summed E-state index contributed by atoms with van der Waals surface area (Å²) in [5.41, 5.74) is 4.47. The van der Waals surface area contributed by atoms with Crippen molar-refractivity contribution < 1.29 is 4.39 Å². The summed E-state index contributed by atoms with van der Waals surface area (Å²) in [7, 11) is 0. The Hall–Kier alpha value is -0.930. The molecule has 1 atom stereocenters. The van der Waals surface area contributed by atoms with Crippen LogP contribution in [0.25, 0.3) is 0 Å². The first-order valence-corrected chi connectivity index (χ1v) is 6.43. The van der Waals surface area contributed by atoms with Gasteiger partial charge in [-0.1, -0.05) is 37.8 Å². The fourth-order valence-corrected chi connectivity index (χ4v) is 2.71. The molecule has 94 valence electrons. The van der Waals surface area contributed by atoms with Crippen LogP contribution in [0.1, 0.15) is 49.3 Å². The molecule has 0 saturated heterocycles. The van der Waals surface area contributed by atoms with E-state index < -0.39 is 0 Å². The van der Waals surface area contributed by atoms with Crippen molar-refractivity contribution >= 4 is 0 Å². The predicted octanol–water partition coefficient (Wildman–Crippen LogP) is 3.22. The number of hydrogen-bond donors (Lipinski definition) is 2. The van der Waals surface area contributed by atoms with E-state index in [9.17, 15) is 4.39 Å². The van der Waals surface area contributed by atoms with E-state index in [4.69, 9.17) is 5.84 Å². The number of hydrazine groups is 1. The second kappa shape index (κ2) is 5.61.